The van der Waals surface area contributed by atoms with E-state index in [1.54, 1.807) is 88.5 Å². The van der Waals surface area contributed by atoms with Gasteiger partial charge < -0.3 is 24.4 Å². The predicted octanol–water partition coefficient (Wildman–Crippen LogP) is 5.23. The summed E-state index contributed by atoms with van der Waals surface area (Å²) in [5.41, 5.74) is 1.99. The van der Waals surface area contributed by atoms with Crippen LogP contribution >= 0.6 is 0 Å². The van der Waals surface area contributed by atoms with Gasteiger partial charge in [-0.15, -0.1) is 0 Å². The van der Waals surface area contributed by atoms with Crippen LogP contribution in [-0.4, -0.2) is 65.3 Å². The number of esters is 1. The minimum Gasteiger partial charge on any atom is -0.495 e. The quantitative estimate of drug-likeness (QED) is 0.318. The number of benzene rings is 3. The largest absolute Gasteiger partial charge is 0.495 e. The molecule has 0 saturated heterocycles. The van der Waals surface area contributed by atoms with E-state index in [0.717, 1.165) is 0 Å². The van der Waals surface area contributed by atoms with E-state index in [1.165, 1.54) is 25.2 Å². The Balaban J connectivity index is 1.76. The third-order valence-corrected chi connectivity index (χ3v) is 7.07. The van der Waals surface area contributed by atoms with E-state index in [9.17, 15) is 18.0 Å². The van der Waals surface area contributed by atoms with Crippen LogP contribution in [0.4, 0.5) is 16.2 Å². The van der Waals surface area contributed by atoms with Gasteiger partial charge in [-0.2, -0.15) is 0 Å². The molecule has 0 aliphatic heterocycles. The van der Waals surface area contributed by atoms with Crippen LogP contribution in [0.25, 0.3) is 11.1 Å². The second-order valence-corrected chi connectivity index (χ2v) is 11.6. The molecular weight excluding hydrogens is 534 g/mol. The van der Waals surface area contributed by atoms with Crippen molar-refractivity contribution in [1.82, 2.24) is 4.90 Å². The Morgan fingerprint density at radius 3 is 2.25 bits per heavy atom. The first-order valence-corrected chi connectivity index (χ1v) is 14.0. The molecule has 3 aromatic rings. The molecule has 0 radical (unpaired) electrons. The third kappa shape index (κ3) is 8.12. The summed E-state index contributed by atoms with van der Waals surface area (Å²) >= 11 is 0. The van der Waals surface area contributed by atoms with Gasteiger partial charge in [-0.05, 0) is 74.4 Å². The lowest BCUT2D eigenvalue weighted by molar-refractivity contribution is 0.0305. The Labute approximate surface area is 235 Å². The number of ether oxygens (including phenoxy) is 3. The van der Waals surface area contributed by atoms with Gasteiger partial charge in [-0.25, -0.2) is 18.0 Å². The summed E-state index contributed by atoms with van der Waals surface area (Å²) in [5.74, 6) is -0.324. The van der Waals surface area contributed by atoms with Crippen LogP contribution in [0, 0.1) is 0 Å². The van der Waals surface area contributed by atoms with Crippen molar-refractivity contribution in [2.45, 2.75) is 31.3 Å². The molecule has 2 N–H and O–H groups in total. The highest BCUT2D eigenvalue weighted by Gasteiger charge is 2.22. The molecule has 214 valence electrons. The first kappa shape index (κ1) is 30.3. The summed E-state index contributed by atoms with van der Waals surface area (Å²) < 4.78 is 45.0. The Bertz CT molecular complexity index is 1470. The van der Waals surface area contributed by atoms with Crippen LogP contribution in [0.5, 0.6) is 5.75 Å². The molecule has 0 spiro atoms. The minimum absolute atomic E-state index is 0.0617. The standard InChI is InChI=1S/C29H35N3O7S/c1-29(2,3)39-28(34)32(4)16-15-30-23-11-8-12-24(19-23)31-40(35,36)26-18-21(13-14-25(26)37-5)20-9-7-10-22(17-20)27(33)38-6/h7-14,17-19,30-31H,15-16H2,1-6H3. The second kappa shape index (κ2) is 12.7. The number of nitrogens with zero attached hydrogens (tertiary/aromatic N) is 1. The normalized spacial score (nSPS) is 11.3. The average molecular weight is 570 g/mol. The van der Waals surface area contributed by atoms with Gasteiger partial charge in [0, 0.05) is 25.8 Å². The van der Waals surface area contributed by atoms with Gasteiger partial charge in [0.25, 0.3) is 10.0 Å². The lowest BCUT2D eigenvalue weighted by Gasteiger charge is -2.24. The highest BCUT2D eigenvalue weighted by molar-refractivity contribution is 7.92. The molecule has 0 unspecified atom stereocenters. The fourth-order valence-corrected chi connectivity index (χ4v) is 4.96. The fourth-order valence-electron chi connectivity index (χ4n) is 3.71. The van der Waals surface area contributed by atoms with E-state index in [2.05, 4.69) is 10.0 Å². The number of hydrogen-bond acceptors (Lipinski definition) is 8. The van der Waals surface area contributed by atoms with E-state index in [1.807, 2.05) is 0 Å². The molecule has 0 aliphatic rings. The van der Waals surface area contributed by atoms with E-state index < -0.39 is 27.7 Å². The molecule has 0 bridgehead atoms. The Kier molecular flexibility index (Phi) is 9.65. The number of rotatable bonds is 10. The number of sulfonamides is 1. The van der Waals surface area contributed by atoms with Crippen LogP contribution in [-0.2, 0) is 19.5 Å². The zero-order valence-corrected chi connectivity index (χ0v) is 24.3. The van der Waals surface area contributed by atoms with E-state index in [4.69, 9.17) is 14.2 Å². The summed E-state index contributed by atoms with van der Waals surface area (Å²) in [7, 11) is 0.276. The molecule has 3 aromatic carbocycles. The maximum Gasteiger partial charge on any atom is 0.410 e. The van der Waals surface area contributed by atoms with Crippen molar-refractivity contribution in [3.8, 4) is 16.9 Å². The van der Waals surface area contributed by atoms with Crippen LogP contribution in [0.3, 0.4) is 0 Å². The van der Waals surface area contributed by atoms with Crippen molar-refractivity contribution in [3.05, 3.63) is 72.3 Å². The number of nitrogens with one attached hydrogen (secondary N) is 2. The summed E-state index contributed by atoms with van der Waals surface area (Å²) in [6.45, 7) is 6.21. The first-order chi connectivity index (χ1) is 18.8. The van der Waals surface area contributed by atoms with Crippen LogP contribution in [0.15, 0.2) is 71.6 Å². The van der Waals surface area contributed by atoms with Crippen LogP contribution in [0.2, 0.25) is 0 Å². The molecule has 10 nitrogen and oxygen atoms in total. The molecule has 1 amide bonds. The van der Waals surface area contributed by atoms with E-state index >= 15 is 0 Å². The molecule has 0 saturated carbocycles. The molecule has 0 aliphatic carbocycles. The molecule has 40 heavy (non-hydrogen) atoms. The number of anilines is 2. The zero-order valence-electron chi connectivity index (χ0n) is 23.5. The number of likely N-dealkylation sites (N-methyl/N-ethyl adjacent to an activating group) is 1. The topological polar surface area (TPSA) is 123 Å². The smallest absolute Gasteiger partial charge is 0.410 e. The summed E-state index contributed by atoms with van der Waals surface area (Å²) in [6.07, 6.45) is -0.427. The second-order valence-electron chi connectivity index (χ2n) is 9.95. The van der Waals surface area contributed by atoms with Crippen molar-refractivity contribution in [2.75, 3.05) is 44.4 Å². The maximum absolute atomic E-state index is 13.4. The van der Waals surface area contributed by atoms with Gasteiger partial charge in [0.1, 0.15) is 16.2 Å². The van der Waals surface area contributed by atoms with Crippen LogP contribution < -0.4 is 14.8 Å². The SMILES string of the molecule is COC(=O)c1cccc(-c2ccc(OC)c(S(=O)(=O)Nc3cccc(NCCN(C)C(=O)OC(C)(C)C)c3)c2)c1. The van der Waals surface area contributed by atoms with Crippen molar-refractivity contribution < 1.29 is 32.2 Å². The van der Waals surface area contributed by atoms with Crippen LogP contribution in [0.1, 0.15) is 31.1 Å². The minimum atomic E-state index is -4.06. The summed E-state index contributed by atoms with van der Waals surface area (Å²) in [4.78, 5) is 25.5. The van der Waals surface area contributed by atoms with Gasteiger partial charge in [0.15, 0.2) is 0 Å². The van der Waals surface area contributed by atoms with Gasteiger partial charge in [0.2, 0.25) is 0 Å². The number of carbonyl (C=O) groups excluding carboxylic acids is 2. The number of amides is 1. The van der Waals surface area contributed by atoms with E-state index in [0.29, 0.717) is 41.2 Å². The zero-order chi connectivity index (χ0) is 29.5. The van der Waals surface area contributed by atoms with Crippen molar-refractivity contribution in [3.63, 3.8) is 0 Å². The third-order valence-electron chi connectivity index (χ3n) is 5.67. The maximum atomic E-state index is 13.4. The lowest BCUT2D eigenvalue weighted by atomic mass is 10.0. The van der Waals surface area contributed by atoms with Crippen molar-refractivity contribution >= 4 is 33.5 Å². The first-order valence-electron chi connectivity index (χ1n) is 12.5. The number of methoxy groups -OCH3 is 2. The summed E-state index contributed by atoms with van der Waals surface area (Å²) in [6, 6.07) is 18.3. The molecule has 3 rings (SSSR count). The predicted molar refractivity (Wildman–Crippen MR) is 154 cm³/mol. The average Bonchev–Trinajstić information content (AvgIpc) is 2.91. The van der Waals surface area contributed by atoms with Gasteiger partial charge >= 0.3 is 12.1 Å². The highest BCUT2D eigenvalue weighted by atomic mass is 32.2. The van der Waals surface area contributed by atoms with Gasteiger partial charge in [-0.3, -0.25) is 4.72 Å². The highest BCUT2D eigenvalue weighted by Crippen LogP contribution is 2.32. The van der Waals surface area contributed by atoms with Gasteiger partial charge in [-0.1, -0.05) is 24.3 Å². The van der Waals surface area contributed by atoms with E-state index in [-0.39, 0.29) is 10.6 Å². The molecule has 0 heterocycles. The Morgan fingerprint density at radius 2 is 1.57 bits per heavy atom. The lowest BCUT2D eigenvalue weighted by Crippen LogP contribution is -2.36. The molecule has 0 atom stereocenters. The van der Waals surface area contributed by atoms with Gasteiger partial charge in [0.05, 0.1) is 25.5 Å². The molecular formula is C29H35N3O7S. The molecule has 0 fully saturated rings. The Hall–Kier alpha value is -4.25. The fraction of sp³-hybridized carbons (Fsp3) is 0.310. The Morgan fingerprint density at radius 1 is 0.900 bits per heavy atom. The molecule has 0 aromatic heterocycles. The number of hydrogen-bond donors (Lipinski definition) is 2. The number of carbonyl (C=O) groups is 2. The monoisotopic (exact) mass is 569 g/mol. The van der Waals surface area contributed by atoms with Crippen molar-refractivity contribution in [1.29, 1.82) is 0 Å². The van der Waals surface area contributed by atoms with Crippen molar-refractivity contribution in [2.24, 2.45) is 0 Å². The molecule has 11 heteroatoms. The summed E-state index contributed by atoms with van der Waals surface area (Å²) in [5, 5.41) is 3.18.